The summed E-state index contributed by atoms with van der Waals surface area (Å²) < 4.78 is 12.4. The van der Waals surface area contributed by atoms with Gasteiger partial charge in [-0.2, -0.15) is 0 Å². The van der Waals surface area contributed by atoms with Gasteiger partial charge in [-0.3, -0.25) is 0 Å². The molecule has 66 valence electrons. The zero-order valence-corrected chi connectivity index (χ0v) is 7.13. The van der Waals surface area contributed by atoms with E-state index in [4.69, 9.17) is 0 Å². The van der Waals surface area contributed by atoms with Crippen LogP contribution in [0.25, 0.3) is 0 Å². The molecule has 1 aromatic carbocycles. The Hall–Kier alpha value is -1.09. The highest BCUT2D eigenvalue weighted by Crippen LogP contribution is 2.12. The van der Waals surface area contributed by atoms with Crippen molar-refractivity contribution in [3.63, 3.8) is 0 Å². The lowest BCUT2D eigenvalue weighted by Gasteiger charge is -2.20. The molecule has 1 aromatic rings. The summed E-state index contributed by atoms with van der Waals surface area (Å²) in [6.07, 6.45) is 0. The third-order valence-electron chi connectivity index (χ3n) is 1.29. The Kier molecular flexibility index (Phi) is 2.33. The fourth-order valence-electron chi connectivity index (χ4n) is 0.886. The topological polar surface area (TPSA) is 32.3 Å². The zero-order valence-electron chi connectivity index (χ0n) is 7.13. The number of nitrogens with one attached hydrogen (secondary N) is 1. The standard InChI is InChI=1S/C9H12FNO/c1-9(2,12)11-8-5-3-7(10)4-6-8/h3-6,11-12H,1-2H3. The second-order valence-electron chi connectivity index (χ2n) is 3.19. The van der Waals surface area contributed by atoms with Gasteiger partial charge in [-0.05, 0) is 38.1 Å². The van der Waals surface area contributed by atoms with E-state index in [2.05, 4.69) is 5.32 Å². The maximum Gasteiger partial charge on any atom is 0.129 e. The Morgan fingerprint density at radius 3 is 2.17 bits per heavy atom. The van der Waals surface area contributed by atoms with E-state index in [1.54, 1.807) is 26.0 Å². The van der Waals surface area contributed by atoms with Gasteiger partial charge in [0.25, 0.3) is 0 Å². The van der Waals surface area contributed by atoms with Crippen LogP contribution < -0.4 is 5.32 Å². The molecule has 0 aliphatic heterocycles. The third-order valence-corrected chi connectivity index (χ3v) is 1.29. The molecule has 0 bridgehead atoms. The molecule has 0 spiro atoms. The Morgan fingerprint density at radius 1 is 1.25 bits per heavy atom. The largest absolute Gasteiger partial charge is 0.372 e. The van der Waals surface area contributed by atoms with Crippen molar-refractivity contribution in [1.29, 1.82) is 0 Å². The van der Waals surface area contributed by atoms with Gasteiger partial charge >= 0.3 is 0 Å². The van der Waals surface area contributed by atoms with Crippen molar-refractivity contribution < 1.29 is 9.50 Å². The van der Waals surface area contributed by atoms with Crippen LogP contribution >= 0.6 is 0 Å². The molecule has 1 rings (SSSR count). The molecule has 12 heavy (non-hydrogen) atoms. The fraction of sp³-hybridized carbons (Fsp3) is 0.333. The van der Waals surface area contributed by atoms with Crippen LogP contribution in [-0.4, -0.2) is 10.8 Å². The van der Waals surface area contributed by atoms with Crippen molar-refractivity contribution in [2.24, 2.45) is 0 Å². The lowest BCUT2D eigenvalue weighted by Crippen LogP contribution is -2.29. The van der Waals surface area contributed by atoms with E-state index in [9.17, 15) is 9.50 Å². The molecular formula is C9H12FNO. The molecule has 2 nitrogen and oxygen atoms in total. The third kappa shape index (κ3) is 2.88. The summed E-state index contributed by atoms with van der Waals surface area (Å²) in [6.45, 7) is 3.24. The Morgan fingerprint density at radius 2 is 1.75 bits per heavy atom. The molecule has 0 aliphatic carbocycles. The highest BCUT2D eigenvalue weighted by molar-refractivity contribution is 5.44. The number of benzene rings is 1. The number of hydrogen-bond acceptors (Lipinski definition) is 2. The van der Waals surface area contributed by atoms with Crippen LogP contribution in [0.15, 0.2) is 24.3 Å². The SMILES string of the molecule is CC(C)(O)Nc1ccc(F)cc1. The first-order chi connectivity index (χ1) is 5.47. The number of aliphatic hydroxyl groups is 1. The van der Waals surface area contributed by atoms with Gasteiger partial charge in [-0.15, -0.1) is 0 Å². The van der Waals surface area contributed by atoms with Gasteiger partial charge in [0.1, 0.15) is 11.5 Å². The van der Waals surface area contributed by atoms with Crippen molar-refractivity contribution in [3.05, 3.63) is 30.1 Å². The molecule has 0 saturated heterocycles. The fourth-order valence-corrected chi connectivity index (χ4v) is 0.886. The number of rotatable bonds is 2. The lowest BCUT2D eigenvalue weighted by atomic mass is 10.2. The van der Waals surface area contributed by atoms with Crippen LogP contribution in [0.4, 0.5) is 10.1 Å². The monoisotopic (exact) mass is 169 g/mol. The van der Waals surface area contributed by atoms with Crippen molar-refractivity contribution in [3.8, 4) is 0 Å². The van der Waals surface area contributed by atoms with E-state index >= 15 is 0 Å². The quantitative estimate of drug-likeness (QED) is 0.663. The molecule has 0 aromatic heterocycles. The minimum absolute atomic E-state index is 0.281. The molecule has 0 atom stereocenters. The number of hydrogen-bond donors (Lipinski definition) is 2. The number of halogens is 1. The van der Waals surface area contributed by atoms with Gasteiger partial charge in [-0.1, -0.05) is 0 Å². The van der Waals surface area contributed by atoms with Crippen molar-refractivity contribution >= 4 is 5.69 Å². The van der Waals surface area contributed by atoms with Crippen LogP contribution in [-0.2, 0) is 0 Å². The van der Waals surface area contributed by atoms with Gasteiger partial charge in [0.05, 0.1) is 0 Å². The summed E-state index contributed by atoms with van der Waals surface area (Å²) in [5.41, 5.74) is -0.276. The van der Waals surface area contributed by atoms with Gasteiger partial charge < -0.3 is 10.4 Å². The highest BCUT2D eigenvalue weighted by atomic mass is 19.1. The predicted molar refractivity (Wildman–Crippen MR) is 46.3 cm³/mol. The maximum atomic E-state index is 12.4. The Labute approximate surface area is 71.0 Å². The Bertz CT molecular complexity index is 250. The molecule has 3 heteroatoms. The first kappa shape index (κ1) is 9.00. The summed E-state index contributed by atoms with van der Waals surface area (Å²) >= 11 is 0. The molecule has 0 aliphatic rings. The maximum absolute atomic E-state index is 12.4. The molecule has 0 radical (unpaired) electrons. The minimum Gasteiger partial charge on any atom is -0.372 e. The first-order valence-electron chi connectivity index (χ1n) is 3.73. The molecule has 0 saturated carbocycles. The van der Waals surface area contributed by atoms with E-state index in [-0.39, 0.29) is 5.82 Å². The van der Waals surface area contributed by atoms with Crippen LogP contribution in [0.5, 0.6) is 0 Å². The van der Waals surface area contributed by atoms with E-state index < -0.39 is 5.72 Å². The summed E-state index contributed by atoms with van der Waals surface area (Å²) in [6, 6.07) is 5.84. The summed E-state index contributed by atoms with van der Waals surface area (Å²) in [4.78, 5) is 0. The highest BCUT2D eigenvalue weighted by Gasteiger charge is 2.10. The van der Waals surface area contributed by atoms with Crippen LogP contribution in [0.2, 0.25) is 0 Å². The normalized spacial score (nSPS) is 11.3. The van der Waals surface area contributed by atoms with Crippen molar-refractivity contribution in [1.82, 2.24) is 0 Å². The van der Waals surface area contributed by atoms with Gasteiger partial charge in [0.15, 0.2) is 0 Å². The smallest absolute Gasteiger partial charge is 0.129 e. The molecule has 0 fully saturated rings. The van der Waals surface area contributed by atoms with Gasteiger partial charge in [-0.25, -0.2) is 4.39 Å². The van der Waals surface area contributed by atoms with Crippen LogP contribution in [0.3, 0.4) is 0 Å². The summed E-state index contributed by atoms with van der Waals surface area (Å²) in [7, 11) is 0. The Balaban J connectivity index is 2.71. The molecule has 0 heterocycles. The predicted octanol–water partition coefficient (Wildman–Crippen LogP) is 1.97. The zero-order chi connectivity index (χ0) is 9.19. The van der Waals surface area contributed by atoms with E-state index in [0.717, 1.165) is 0 Å². The average molecular weight is 169 g/mol. The minimum atomic E-state index is -0.974. The summed E-state index contributed by atoms with van der Waals surface area (Å²) in [5.74, 6) is -0.281. The van der Waals surface area contributed by atoms with Crippen LogP contribution in [0, 0.1) is 5.82 Å². The van der Waals surface area contributed by atoms with E-state index in [0.29, 0.717) is 5.69 Å². The lowest BCUT2D eigenvalue weighted by molar-refractivity contribution is 0.111. The second-order valence-corrected chi connectivity index (χ2v) is 3.19. The van der Waals surface area contributed by atoms with E-state index in [1.807, 2.05) is 0 Å². The van der Waals surface area contributed by atoms with Crippen molar-refractivity contribution in [2.45, 2.75) is 19.6 Å². The first-order valence-corrected chi connectivity index (χ1v) is 3.73. The van der Waals surface area contributed by atoms with Crippen molar-refractivity contribution in [2.75, 3.05) is 5.32 Å². The van der Waals surface area contributed by atoms with Gasteiger partial charge in [0, 0.05) is 5.69 Å². The average Bonchev–Trinajstić information content (AvgIpc) is 1.91. The second kappa shape index (κ2) is 3.11. The van der Waals surface area contributed by atoms with Crippen LogP contribution in [0.1, 0.15) is 13.8 Å². The molecular weight excluding hydrogens is 157 g/mol. The van der Waals surface area contributed by atoms with Gasteiger partial charge in [0.2, 0.25) is 0 Å². The molecule has 2 N–H and O–H groups in total. The summed E-state index contributed by atoms with van der Waals surface area (Å²) in [5, 5.41) is 12.1. The molecule has 0 amide bonds. The van der Waals surface area contributed by atoms with E-state index in [1.165, 1.54) is 12.1 Å². The number of anilines is 1. The molecule has 0 unspecified atom stereocenters.